The van der Waals surface area contributed by atoms with Gasteiger partial charge < -0.3 is 19.1 Å². The van der Waals surface area contributed by atoms with Gasteiger partial charge in [0, 0.05) is 17.7 Å². The molecule has 244 valence electrons. The number of carbonyl (C=O) groups excluding carboxylic acids is 1. The molecule has 0 saturated heterocycles. The lowest BCUT2D eigenvalue weighted by Gasteiger charge is -2.23. The highest BCUT2D eigenvalue weighted by atomic mass is 32.2. The Balaban J connectivity index is 0.000000777. The summed E-state index contributed by atoms with van der Waals surface area (Å²) in [5.41, 5.74) is 2.38. The van der Waals surface area contributed by atoms with Crippen LogP contribution >= 0.6 is 0 Å². The largest absolute Gasteiger partial charge is 0.741 e. The maximum absolute atomic E-state index is 11.4. The maximum Gasteiger partial charge on any atom is 0.485 e. The molecule has 0 atom stereocenters. The molecule has 1 N–H and O–H groups in total. The number of phenolic OH excluding ortho intramolecular Hbond substituents is 1. The second-order valence-electron chi connectivity index (χ2n) is 11.5. The van der Waals surface area contributed by atoms with Gasteiger partial charge in [-0.3, -0.25) is 4.48 Å². The van der Waals surface area contributed by atoms with Crippen molar-refractivity contribution in [2.45, 2.75) is 45.5 Å². The van der Waals surface area contributed by atoms with Gasteiger partial charge in [-0.2, -0.15) is 13.2 Å². The van der Waals surface area contributed by atoms with Gasteiger partial charge in [0.05, 0.1) is 33.8 Å². The average Bonchev–Trinajstić information content (AvgIpc) is 2.92. The second-order valence-corrected chi connectivity index (χ2v) is 12.9. The summed E-state index contributed by atoms with van der Waals surface area (Å²) in [6.07, 6.45) is 0.696. The highest BCUT2D eigenvalue weighted by molar-refractivity contribution is 7.86. The van der Waals surface area contributed by atoms with Crippen LogP contribution in [-0.4, -0.2) is 64.4 Å². The van der Waals surface area contributed by atoms with E-state index in [1.54, 1.807) is 0 Å². The fraction of sp³-hybridized carbons (Fsp3) is 0.364. The van der Waals surface area contributed by atoms with E-state index in [0.717, 1.165) is 32.3 Å². The van der Waals surface area contributed by atoms with Crippen LogP contribution in [0, 0.1) is 25.7 Å². The van der Waals surface area contributed by atoms with E-state index in [1.165, 1.54) is 18.4 Å². The average molecular weight is 650 g/mol. The third kappa shape index (κ3) is 10.8. The monoisotopic (exact) mass is 649 g/mol. The summed E-state index contributed by atoms with van der Waals surface area (Å²) < 4.78 is 69.9. The predicted octanol–water partition coefficient (Wildman–Crippen LogP) is 5.92. The first kappa shape index (κ1) is 37.1. The fourth-order valence-electron chi connectivity index (χ4n) is 4.21. The van der Waals surface area contributed by atoms with E-state index in [9.17, 15) is 23.1 Å². The van der Waals surface area contributed by atoms with E-state index in [-0.39, 0.29) is 18.3 Å². The highest BCUT2D eigenvalue weighted by Gasteiger charge is 2.37. The smallest absolute Gasteiger partial charge is 0.485 e. The normalized spacial score (nSPS) is 11.7. The molecule has 45 heavy (non-hydrogen) atoms. The number of hydrogen-bond donors (Lipinski definition) is 1. The number of aromatic hydroxyl groups is 1. The van der Waals surface area contributed by atoms with Crippen LogP contribution in [-0.2, 0) is 26.1 Å². The number of phenols is 1. The SMILES string of the molecule is COC(=O)COc1cc(C)c(Cc2cc(C#Cc3ccc([N+](C)(C)C)cc3)c(O)c(C(C)C)c2)c(C)c1.O=S(=O)([O-])C(F)(F)F. The number of methoxy groups -OCH3 is 1. The molecular formula is C33H38F3NO7S. The Labute approximate surface area is 262 Å². The minimum absolute atomic E-state index is 0.121. The number of rotatable bonds is 7. The molecule has 3 aromatic rings. The summed E-state index contributed by atoms with van der Waals surface area (Å²) in [7, 11) is 1.64. The van der Waals surface area contributed by atoms with Crippen molar-refractivity contribution < 1.29 is 45.5 Å². The predicted molar refractivity (Wildman–Crippen MR) is 166 cm³/mol. The Morgan fingerprint density at radius 2 is 1.53 bits per heavy atom. The number of alkyl halides is 3. The molecule has 0 aromatic heterocycles. The van der Waals surface area contributed by atoms with Gasteiger partial charge in [0.1, 0.15) is 17.2 Å². The number of aryl methyl sites for hydroxylation is 2. The Morgan fingerprint density at radius 3 is 1.98 bits per heavy atom. The molecule has 0 aliphatic rings. The number of nitrogens with zero attached hydrogens (tertiary/aromatic N) is 1. The van der Waals surface area contributed by atoms with Crippen LogP contribution in [0.2, 0.25) is 0 Å². The summed E-state index contributed by atoms with van der Waals surface area (Å²) in [6, 6.07) is 16.1. The van der Waals surface area contributed by atoms with Gasteiger partial charge in [0.2, 0.25) is 0 Å². The first-order chi connectivity index (χ1) is 20.6. The highest BCUT2D eigenvalue weighted by Crippen LogP contribution is 2.32. The van der Waals surface area contributed by atoms with E-state index in [4.69, 9.17) is 17.7 Å². The van der Waals surface area contributed by atoms with E-state index < -0.39 is 21.6 Å². The van der Waals surface area contributed by atoms with Gasteiger partial charge in [-0.15, -0.1) is 0 Å². The molecule has 0 unspecified atom stereocenters. The van der Waals surface area contributed by atoms with Crippen molar-refractivity contribution in [3.05, 3.63) is 87.5 Å². The van der Waals surface area contributed by atoms with Gasteiger partial charge in [-0.1, -0.05) is 31.8 Å². The van der Waals surface area contributed by atoms with Crippen LogP contribution in [0.4, 0.5) is 18.9 Å². The number of carbonyl (C=O) groups is 1. The second kappa shape index (κ2) is 14.8. The van der Waals surface area contributed by atoms with Crippen molar-refractivity contribution in [3.8, 4) is 23.3 Å². The molecule has 8 nitrogen and oxygen atoms in total. The summed E-state index contributed by atoms with van der Waals surface area (Å²) >= 11 is 0. The van der Waals surface area contributed by atoms with Crippen LogP contribution in [0.5, 0.6) is 11.5 Å². The Bertz CT molecular complexity index is 1660. The molecule has 0 radical (unpaired) electrons. The van der Waals surface area contributed by atoms with E-state index in [2.05, 4.69) is 69.8 Å². The van der Waals surface area contributed by atoms with Crippen LogP contribution in [0.15, 0.2) is 48.5 Å². The third-order valence-electron chi connectivity index (χ3n) is 6.72. The molecule has 3 aromatic carbocycles. The molecule has 0 bridgehead atoms. The summed E-state index contributed by atoms with van der Waals surface area (Å²) in [4.78, 5) is 11.4. The lowest BCUT2D eigenvalue weighted by molar-refractivity contribution is -0.142. The standard InChI is InChI=1S/C32H37NO4.CHF3O3S/c1-21(2)29-18-25(19-30-22(3)15-28(16-23(30)4)37-20-31(34)36-8)17-26(32(29)35)12-9-24-10-13-27(14-11-24)33(5,6)7;2-1(3,4)8(5,6)7/h10-11,13-18,21H,19-20H2,1-8H3;(H,5,6,7). The lowest BCUT2D eigenvalue weighted by atomic mass is 9.91. The molecule has 3 rings (SSSR count). The van der Waals surface area contributed by atoms with E-state index in [1.807, 2.05) is 44.2 Å². The maximum atomic E-state index is 11.4. The van der Waals surface area contributed by atoms with Gasteiger partial charge in [-0.05, 0) is 84.3 Å². The lowest BCUT2D eigenvalue weighted by Crippen LogP contribution is -2.34. The molecule has 0 aliphatic carbocycles. The van der Waals surface area contributed by atoms with Crippen LogP contribution < -0.4 is 9.22 Å². The molecule has 0 spiro atoms. The molecule has 12 heteroatoms. The van der Waals surface area contributed by atoms with Crippen molar-refractivity contribution in [1.82, 2.24) is 4.48 Å². The van der Waals surface area contributed by atoms with Gasteiger partial charge in [0.15, 0.2) is 16.7 Å². The van der Waals surface area contributed by atoms with Crippen molar-refractivity contribution in [1.29, 1.82) is 0 Å². The fourth-order valence-corrected chi connectivity index (χ4v) is 4.21. The molecule has 0 heterocycles. The number of halogens is 3. The molecular weight excluding hydrogens is 611 g/mol. The van der Waals surface area contributed by atoms with Crippen molar-refractivity contribution in [2.75, 3.05) is 34.9 Å². The summed E-state index contributed by atoms with van der Waals surface area (Å²) in [5, 5.41) is 11.0. The Hall–Kier alpha value is -4.05. The number of quaternary nitrogens is 1. The van der Waals surface area contributed by atoms with Gasteiger partial charge in [-0.25, -0.2) is 13.2 Å². The minimum atomic E-state index is -6.09. The van der Waals surface area contributed by atoms with Crippen molar-refractivity contribution in [3.63, 3.8) is 0 Å². The zero-order valence-corrected chi connectivity index (χ0v) is 27.3. The minimum Gasteiger partial charge on any atom is -0.741 e. The molecule has 0 saturated carbocycles. The number of benzene rings is 3. The summed E-state index contributed by atoms with van der Waals surface area (Å²) in [6.45, 7) is 8.10. The Morgan fingerprint density at radius 1 is 1.00 bits per heavy atom. The zero-order chi connectivity index (χ0) is 34.3. The van der Waals surface area contributed by atoms with E-state index in [0.29, 0.717) is 17.7 Å². The molecule has 0 aliphatic heterocycles. The first-order valence-corrected chi connectivity index (χ1v) is 15.2. The van der Waals surface area contributed by atoms with Crippen molar-refractivity contribution >= 4 is 21.8 Å². The quantitative estimate of drug-likeness (QED) is 0.111. The van der Waals surface area contributed by atoms with Gasteiger partial charge in [0.25, 0.3) is 0 Å². The van der Waals surface area contributed by atoms with Crippen LogP contribution in [0.1, 0.15) is 58.7 Å². The number of ether oxygens (including phenoxy) is 2. The van der Waals surface area contributed by atoms with Crippen LogP contribution in [0.3, 0.4) is 0 Å². The van der Waals surface area contributed by atoms with E-state index >= 15 is 0 Å². The zero-order valence-electron chi connectivity index (χ0n) is 26.5. The van der Waals surface area contributed by atoms with Crippen molar-refractivity contribution in [2.24, 2.45) is 0 Å². The molecule has 0 amide bonds. The van der Waals surface area contributed by atoms with Gasteiger partial charge >= 0.3 is 11.5 Å². The summed E-state index contributed by atoms with van der Waals surface area (Å²) in [5.74, 6) is 7.06. The van der Waals surface area contributed by atoms with Crippen LogP contribution in [0.25, 0.3) is 0 Å². The topological polar surface area (TPSA) is 113 Å². The first-order valence-electron chi connectivity index (χ1n) is 13.8. The third-order valence-corrected chi connectivity index (χ3v) is 7.29. The Kier molecular flexibility index (Phi) is 12.2. The number of hydrogen-bond acceptors (Lipinski definition) is 7. The number of esters is 1. The molecule has 0 fully saturated rings.